The van der Waals surface area contributed by atoms with Crippen molar-refractivity contribution in [2.24, 2.45) is 11.3 Å². The van der Waals surface area contributed by atoms with E-state index in [9.17, 15) is 0 Å². The first-order valence-electron chi connectivity index (χ1n) is 6.07. The molecule has 3 atom stereocenters. The zero-order valence-electron chi connectivity index (χ0n) is 9.25. The average Bonchev–Trinajstić information content (AvgIpc) is 2.89. The van der Waals surface area contributed by atoms with Gasteiger partial charge in [0.05, 0.1) is 6.10 Å². The van der Waals surface area contributed by atoms with E-state index in [0.717, 1.165) is 18.0 Å². The van der Waals surface area contributed by atoms with Gasteiger partial charge in [-0.1, -0.05) is 13.3 Å². The Kier molecular flexibility index (Phi) is 1.94. The van der Waals surface area contributed by atoms with Crippen LogP contribution in [0, 0.1) is 11.3 Å². The molecule has 0 heterocycles. The Bertz CT molecular complexity index is 232. The molecule has 0 bridgehead atoms. The largest absolute Gasteiger partial charge is 0.380 e. The molecule has 3 aliphatic carbocycles. The Morgan fingerprint density at radius 3 is 2.43 bits per heavy atom. The van der Waals surface area contributed by atoms with Crippen LogP contribution in [0.5, 0.6) is 0 Å². The van der Waals surface area contributed by atoms with Crippen LogP contribution in [-0.4, -0.2) is 25.3 Å². The summed E-state index contributed by atoms with van der Waals surface area (Å²) in [6.45, 7) is 2.35. The van der Waals surface area contributed by atoms with Crippen LogP contribution < -0.4 is 5.32 Å². The molecule has 0 aliphatic heterocycles. The van der Waals surface area contributed by atoms with Crippen molar-refractivity contribution in [3.05, 3.63) is 0 Å². The van der Waals surface area contributed by atoms with Crippen molar-refractivity contribution in [1.82, 2.24) is 5.32 Å². The SMILES string of the molecule is COC1C(C)C(NC2CC2)C12CCC2. The second-order valence-electron chi connectivity index (χ2n) is 5.52. The molecule has 1 N–H and O–H groups in total. The standard InChI is InChI=1S/C12H21NO/c1-8-10(13-9-4-5-9)12(6-3-7-12)11(8)14-2/h8-11,13H,3-7H2,1-2H3. The Hall–Kier alpha value is -0.0800. The van der Waals surface area contributed by atoms with Crippen molar-refractivity contribution >= 4 is 0 Å². The summed E-state index contributed by atoms with van der Waals surface area (Å²) in [5, 5.41) is 3.82. The summed E-state index contributed by atoms with van der Waals surface area (Å²) < 4.78 is 5.65. The van der Waals surface area contributed by atoms with Crippen molar-refractivity contribution in [3.63, 3.8) is 0 Å². The van der Waals surface area contributed by atoms with Crippen molar-refractivity contribution in [3.8, 4) is 0 Å². The maximum atomic E-state index is 5.65. The third kappa shape index (κ3) is 1.04. The number of rotatable bonds is 3. The Balaban J connectivity index is 1.70. The van der Waals surface area contributed by atoms with E-state index in [1.807, 2.05) is 7.11 Å². The summed E-state index contributed by atoms with van der Waals surface area (Å²) in [7, 11) is 1.88. The molecular weight excluding hydrogens is 174 g/mol. The molecule has 0 aromatic rings. The minimum Gasteiger partial charge on any atom is -0.380 e. The smallest absolute Gasteiger partial charge is 0.0683 e. The highest BCUT2D eigenvalue weighted by molar-refractivity contribution is 5.16. The minimum atomic E-state index is 0.535. The van der Waals surface area contributed by atoms with Gasteiger partial charge in [-0.05, 0) is 31.6 Å². The lowest BCUT2D eigenvalue weighted by atomic mass is 9.46. The first-order valence-corrected chi connectivity index (χ1v) is 6.07. The van der Waals surface area contributed by atoms with Crippen molar-refractivity contribution in [1.29, 1.82) is 0 Å². The number of methoxy groups -OCH3 is 1. The maximum Gasteiger partial charge on any atom is 0.0683 e. The lowest BCUT2D eigenvalue weighted by Gasteiger charge is -2.65. The van der Waals surface area contributed by atoms with Crippen molar-refractivity contribution in [2.75, 3.05) is 7.11 Å². The molecule has 14 heavy (non-hydrogen) atoms. The first kappa shape index (κ1) is 9.17. The van der Waals surface area contributed by atoms with E-state index in [1.165, 1.54) is 32.1 Å². The number of nitrogens with one attached hydrogen (secondary N) is 1. The average molecular weight is 195 g/mol. The van der Waals surface area contributed by atoms with Gasteiger partial charge in [-0.2, -0.15) is 0 Å². The molecule has 3 aliphatic rings. The fourth-order valence-corrected chi connectivity index (χ4v) is 3.73. The van der Waals surface area contributed by atoms with Crippen molar-refractivity contribution in [2.45, 2.75) is 57.2 Å². The van der Waals surface area contributed by atoms with E-state index < -0.39 is 0 Å². The molecular formula is C12H21NO. The summed E-state index contributed by atoms with van der Waals surface area (Å²) >= 11 is 0. The number of ether oxygens (including phenoxy) is 1. The van der Waals surface area contributed by atoms with Gasteiger partial charge in [0.1, 0.15) is 0 Å². The molecule has 3 rings (SSSR count). The van der Waals surface area contributed by atoms with Gasteiger partial charge in [-0.25, -0.2) is 0 Å². The summed E-state index contributed by atoms with van der Waals surface area (Å²) in [6.07, 6.45) is 7.52. The van der Waals surface area contributed by atoms with Crippen LogP contribution >= 0.6 is 0 Å². The van der Waals surface area contributed by atoms with Gasteiger partial charge in [0.2, 0.25) is 0 Å². The third-order valence-corrected chi connectivity index (χ3v) is 4.72. The van der Waals surface area contributed by atoms with E-state index in [2.05, 4.69) is 12.2 Å². The van der Waals surface area contributed by atoms with Gasteiger partial charge < -0.3 is 10.1 Å². The van der Waals surface area contributed by atoms with E-state index in [1.54, 1.807) is 0 Å². The molecule has 0 aromatic carbocycles. The molecule has 0 aromatic heterocycles. The molecule has 0 saturated heterocycles. The normalized spacial score (nSPS) is 44.6. The van der Waals surface area contributed by atoms with Crippen LogP contribution in [0.2, 0.25) is 0 Å². The fraction of sp³-hybridized carbons (Fsp3) is 1.00. The van der Waals surface area contributed by atoms with E-state index in [-0.39, 0.29) is 0 Å². The monoisotopic (exact) mass is 195 g/mol. The lowest BCUT2D eigenvalue weighted by molar-refractivity contribution is -0.201. The van der Waals surface area contributed by atoms with Crippen LogP contribution in [0.25, 0.3) is 0 Å². The quantitative estimate of drug-likeness (QED) is 0.743. The molecule has 2 nitrogen and oxygen atoms in total. The Labute approximate surface area is 86.4 Å². The Morgan fingerprint density at radius 1 is 1.29 bits per heavy atom. The molecule has 3 unspecified atom stereocenters. The molecule has 2 heteroatoms. The molecule has 3 fully saturated rings. The van der Waals surface area contributed by atoms with E-state index in [0.29, 0.717) is 11.5 Å². The molecule has 0 amide bonds. The maximum absolute atomic E-state index is 5.65. The predicted octanol–water partition coefficient (Wildman–Crippen LogP) is 1.94. The number of hydrogen-bond donors (Lipinski definition) is 1. The van der Waals surface area contributed by atoms with Crippen LogP contribution in [0.4, 0.5) is 0 Å². The Morgan fingerprint density at radius 2 is 2.00 bits per heavy atom. The summed E-state index contributed by atoms with van der Waals surface area (Å²) in [6, 6.07) is 1.60. The second kappa shape index (κ2) is 2.96. The number of hydrogen-bond acceptors (Lipinski definition) is 2. The predicted molar refractivity (Wildman–Crippen MR) is 56.2 cm³/mol. The van der Waals surface area contributed by atoms with Gasteiger partial charge in [0.25, 0.3) is 0 Å². The van der Waals surface area contributed by atoms with Crippen LogP contribution in [0.1, 0.15) is 39.0 Å². The molecule has 1 spiro atoms. The highest BCUT2D eigenvalue weighted by Gasteiger charge is 2.63. The summed E-state index contributed by atoms with van der Waals surface area (Å²) in [5.74, 6) is 0.723. The van der Waals surface area contributed by atoms with Gasteiger partial charge in [-0.15, -0.1) is 0 Å². The zero-order chi connectivity index (χ0) is 9.76. The fourth-order valence-electron chi connectivity index (χ4n) is 3.73. The van der Waals surface area contributed by atoms with Gasteiger partial charge >= 0.3 is 0 Å². The second-order valence-corrected chi connectivity index (χ2v) is 5.52. The van der Waals surface area contributed by atoms with E-state index in [4.69, 9.17) is 4.74 Å². The highest BCUT2D eigenvalue weighted by atomic mass is 16.5. The van der Waals surface area contributed by atoms with Gasteiger partial charge in [-0.3, -0.25) is 0 Å². The van der Waals surface area contributed by atoms with Gasteiger partial charge in [0.15, 0.2) is 0 Å². The summed E-state index contributed by atoms with van der Waals surface area (Å²) in [5.41, 5.74) is 0.538. The third-order valence-electron chi connectivity index (χ3n) is 4.72. The van der Waals surface area contributed by atoms with Crippen molar-refractivity contribution < 1.29 is 4.74 Å². The topological polar surface area (TPSA) is 21.3 Å². The molecule has 80 valence electrons. The zero-order valence-corrected chi connectivity index (χ0v) is 9.25. The van der Waals surface area contributed by atoms with Crippen LogP contribution in [-0.2, 0) is 4.74 Å². The summed E-state index contributed by atoms with van der Waals surface area (Å²) in [4.78, 5) is 0. The van der Waals surface area contributed by atoms with E-state index >= 15 is 0 Å². The van der Waals surface area contributed by atoms with Gasteiger partial charge in [0, 0.05) is 24.6 Å². The minimum absolute atomic E-state index is 0.535. The molecule has 3 saturated carbocycles. The first-order chi connectivity index (χ1) is 6.78. The van der Waals surface area contributed by atoms with Crippen LogP contribution in [0.15, 0.2) is 0 Å². The highest BCUT2D eigenvalue weighted by Crippen LogP contribution is 2.60. The van der Waals surface area contributed by atoms with Crippen LogP contribution in [0.3, 0.4) is 0 Å². The molecule has 0 radical (unpaired) electrons. The lowest BCUT2D eigenvalue weighted by Crippen LogP contribution is -2.72.